The van der Waals surface area contributed by atoms with Crippen LogP contribution in [0, 0.1) is 18.8 Å². The molecule has 0 radical (unpaired) electrons. The predicted molar refractivity (Wildman–Crippen MR) is 167 cm³/mol. The third kappa shape index (κ3) is 4.99. The minimum atomic E-state index is -1.25. The first-order chi connectivity index (χ1) is 20.5. The molecule has 2 aromatic rings. The van der Waals surface area contributed by atoms with Crippen LogP contribution >= 0.6 is 11.6 Å². The molecule has 0 aliphatic carbocycles. The van der Waals surface area contributed by atoms with Gasteiger partial charge in [0.2, 0.25) is 11.8 Å². The lowest BCUT2D eigenvalue weighted by Crippen LogP contribution is -2.59. The molecule has 3 aliphatic heterocycles. The van der Waals surface area contributed by atoms with E-state index in [1.54, 1.807) is 35.1 Å². The lowest BCUT2D eigenvalue weighted by molar-refractivity contribution is -0.151. The average Bonchev–Trinajstić information content (AvgIpc) is 3.56. The van der Waals surface area contributed by atoms with Crippen molar-refractivity contribution in [3.8, 4) is 0 Å². The van der Waals surface area contributed by atoms with Gasteiger partial charge >= 0.3 is 0 Å². The van der Waals surface area contributed by atoms with Crippen LogP contribution in [0.5, 0.6) is 0 Å². The number of carbonyl (C=O) groups is 3. The number of rotatable bonds is 11. The quantitative estimate of drug-likeness (QED) is 0.388. The van der Waals surface area contributed by atoms with E-state index in [0.717, 1.165) is 11.1 Å². The number of aliphatic hydroxyl groups excluding tert-OH is 1. The van der Waals surface area contributed by atoms with Crippen molar-refractivity contribution >= 4 is 35.0 Å². The van der Waals surface area contributed by atoms with Gasteiger partial charge in [0.15, 0.2) is 0 Å². The van der Waals surface area contributed by atoms with E-state index in [1.165, 1.54) is 4.90 Å². The second-order valence-corrected chi connectivity index (χ2v) is 12.6. The van der Waals surface area contributed by atoms with Crippen molar-refractivity contribution in [3.05, 3.63) is 90.0 Å². The monoisotopic (exact) mass is 605 g/mol. The fourth-order valence-electron chi connectivity index (χ4n) is 7.60. The zero-order chi connectivity index (χ0) is 31.1. The molecule has 2 unspecified atom stereocenters. The number of amides is 3. The zero-order valence-corrected chi connectivity index (χ0v) is 25.8. The van der Waals surface area contributed by atoms with E-state index in [9.17, 15) is 19.5 Å². The first-order valence-electron chi connectivity index (χ1n) is 14.7. The van der Waals surface area contributed by atoms with Crippen molar-refractivity contribution in [2.75, 3.05) is 31.6 Å². The number of hydrogen-bond acceptors (Lipinski definition) is 5. The topological polar surface area (TPSA) is 90.4 Å². The van der Waals surface area contributed by atoms with Crippen molar-refractivity contribution in [3.63, 3.8) is 0 Å². The van der Waals surface area contributed by atoms with Crippen molar-refractivity contribution in [2.45, 2.75) is 56.4 Å². The minimum Gasteiger partial charge on any atom is -0.394 e. The summed E-state index contributed by atoms with van der Waals surface area (Å²) in [5, 5.41) is 11.1. The van der Waals surface area contributed by atoms with Gasteiger partial charge in [-0.2, -0.15) is 0 Å². The number of benzene rings is 2. The van der Waals surface area contributed by atoms with Crippen LogP contribution < -0.4 is 4.90 Å². The Morgan fingerprint density at radius 1 is 1.12 bits per heavy atom. The molecule has 43 heavy (non-hydrogen) atoms. The number of aliphatic hydroxyl groups is 1. The van der Waals surface area contributed by atoms with E-state index < -0.39 is 35.1 Å². The number of nitrogens with zero attached hydrogens (tertiary/aromatic N) is 3. The van der Waals surface area contributed by atoms with Gasteiger partial charge in [0.25, 0.3) is 5.91 Å². The Hall–Kier alpha value is -3.46. The SMILES string of the molecule is C=CCN(C)C(=O)[C@@H]1[C@H]2C(=O)N([C@@H](CO)Cc3ccccc3)C(C(=O)N(CC=C)c3c(C)cccc3Cl)C23CC[C@@]1(C)O3. The number of ether oxygens (including phenoxy) is 1. The van der Waals surface area contributed by atoms with E-state index >= 15 is 0 Å². The highest BCUT2D eigenvalue weighted by Crippen LogP contribution is 2.64. The maximum atomic E-state index is 15.0. The maximum absolute atomic E-state index is 15.0. The Labute approximate surface area is 258 Å². The molecule has 1 N–H and O–H groups in total. The number of halogens is 1. The summed E-state index contributed by atoms with van der Waals surface area (Å²) in [4.78, 5) is 48.2. The molecule has 2 bridgehead atoms. The fourth-order valence-corrected chi connectivity index (χ4v) is 7.93. The number of para-hydroxylation sites is 1. The van der Waals surface area contributed by atoms with Crippen LogP contribution in [0.4, 0.5) is 5.69 Å². The second kappa shape index (κ2) is 11.9. The summed E-state index contributed by atoms with van der Waals surface area (Å²) in [6.45, 7) is 11.5. The van der Waals surface area contributed by atoms with Crippen LogP contribution in [0.2, 0.25) is 5.02 Å². The molecule has 9 heteroatoms. The molecule has 228 valence electrons. The smallest absolute Gasteiger partial charge is 0.253 e. The van der Waals surface area contributed by atoms with Crippen LogP contribution in [0.15, 0.2) is 73.8 Å². The summed E-state index contributed by atoms with van der Waals surface area (Å²) in [7, 11) is 1.68. The normalized spacial score (nSPS) is 28.0. The largest absolute Gasteiger partial charge is 0.394 e. The summed E-state index contributed by atoms with van der Waals surface area (Å²) in [6.07, 6.45) is 4.53. The predicted octanol–water partition coefficient (Wildman–Crippen LogP) is 4.18. The van der Waals surface area contributed by atoms with Gasteiger partial charge in [0, 0.05) is 20.1 Å². The van der Waals surface area contributed by atoms with E-state index in [-0.39, 0.29) is 30.9 Å². The molecular formula is C34H40ClN3O5. The van der Waals surface area contributed by atoms with Gasteiger partial charge in [-0.15, -0.1) is 13.2 Å². The lowest BCUT2D eigenvalue weighted by atomic mass is 9.66. The average molecular weight is 606 g/mol. The third-order valence-corrected chi connectivity index (χ3v) is 9.75. The van der Waals surface area contributed by atoms with E-state index in [0.29, 0.717) is 36.5 Å². The Balaban J connectivity index is 1.66. The van der Waals surface area contributed by atoms with Gasteiger partial charge in [-0.05, 0) is 50.3 Å². The molecular weight excluding hydrogens is 566 g/mol. The Kier molecular flexibility index (Phi) is 8.58. The molecule has 0 aromatic heterocycles. The van der Waals surface area contributed by atoms with Crippen molar-refractivity contribution < 1.29 is 24.2 Å². The Bertz CT molecular complexity index is 1410. The first-order valence-corrected chi connectivity index (χ1v) is 15.1. The number of fused-ring (bicyclic) bond motifs is 1. The van der Waals surface area contributed by atoms with Crippen LogP contribution in [0.1, 0.15) is 30.9 Å². The standard InChI is InChI=1S/C34H40ClN3O5/c1-6-18-36(5)30(40)26-27-31(41)38(24(21-39)20-23-13-9-8-10-14-23)29(34(27)17-16-33(26,4)43-34)32(42)37(19-7-2)28-22(3)12-11-15-25(28)35/h6-15,24,26-27,29,39H,1-2,16-21H2,3-5H3/t24-,26+,27+,29?,33-,34?/m1/s1. The highest BCUT2D eigenvalue weighted by Gasteiger charge is 2.78. The van der Waals surface area contributed by atoms with Gasteiger partial charge in [-0.1, -0.05) is 66.2 Å². The van der Waals surface area contributed by atoms with Gasteiger partial charge in [0.1, 0.15) is 11.6 Å². The summed E-state index contributed by atoms with van der Waals surface area (Å²) < 4.78 is 6.81. The second-order valence-electron chi connectivity index (χ2n) is 12.1. The molecule has 3 heterocycles. The fraction of sp³-hybridized carbons (Fsp3) is 0.441. The molecule has 2 aromatic carbocycles. The van der Waals surface area contributed by atoms with Crippen LogP contribution in [0.3, 0.4) is 0 Å². The zero-order valence-electron chi connectivity index (χ0n) is 25.0. The summed E-state index contributed by atoms with van der Waals surface area (Å²) in [5.74, 6) is -2.62. The first kappa shape index (κ1) is 31.0. The number of carbonyl (C=O) groups excluding carboxylic acids is 3. The molecule has 3 saturated heterocycles. The molecule has 5 rings (SSSR count). The Morgan fingerprint density at radius 2 is 1.81 bits per heavy atom. The molecule has 0 saturated carbocycles. The summed E-state index contributed by atoms with van der Waals surface area (Å²) in [6, 6.07) is 13.1. The molecule has 6 atom stereocenters. The van der Waals surface area contributed by atoms with Gasteiger partial charge < -0.3 is 24.5 Å². The number of likely N-dealkylation sites (N-methyl/N-ethyl adjacent to an activating group) is 1. The van der Waals surface area contributed by atoms with Crippen molar-refractivity contribution in [1.82, 2.24) is 9.80 Å². The van der Waals surface area contributed by atoms with E-state index in [1.807, 2.05) is 56.3 Å². The Morgan fingerprint density at radius 3 is 2.44 bits per heavy atom. The molecule has 3 aliphatic rings. The minimum absolute atomic E-state index is 0.146. The molecule has 1 spiro atoms. The number of hydrogen-bond donors (Lipinski definition) is 1. The number of anilines is 1. The summed E-state index contributed by atoms with van der Waals surface area (Å²) >= 11 is 6.67. The number of likely N-dealkylation sites (tertiary alicyclic amines) is 1. The molecule has 8 nitrogen and oxygen atoms in total. The van der Waals surface area contributed by atoms with Gasteiger partial charge in [0.05, 0.1) is 40.8 Å². The summed E-state index contributed by atoms with van der Waals surface area (Å²) in [5.41, 5.74) is 0.0578. The lowest BCUT2D eigenvalue weighted by Gasteiger charge is -2.40. The van der Waals surface area contributed by atoms with Crippen molar-refractivity contribution in [2.24, 2.45) is 11.8 Å². The maximum Gasteiger partial charge on any atom is 0.253 e. The van der Waals surface area contributed by atoms with Gasteiger partial charge in [-0.25, -0.2) is 0 Å². The van der Waals surface area contributed by atoms with Gasteiger partial charge in [-0.3, -0.25) is 14.4 Å². The highest BCUT2D eigenvalue weighted by atomic mass is 35.5. The van der Waals surface area contributed by atoms with Crippen LogP contribution in [-0.2, 0) is 25.5 Å². The van der Waals surface area contributed by atoms with Crippen LogP contribution in [0.25, 0.3) is 0 Å². The number of aryl methyl sites for hydroxylation is 1. The van der Waals surface area contributed by atoms with Crippen LogP contribution in [-0.4, -0.2) is 82.7 Å². The highest BCUT2D eigenvalue weighted by molar-refractivity contribution is 6.34. The third-order valence-electron chi connectivity index (χ3n) is 9.45. The van der Waals surface area contributed by atoms with Crippen molar-refractivity contribution in [1.29, 1.82) is 0 Å². The molecule has 3 fully saturated rings. The molecule has 3 amide bonds. The van der Waals surface area contributed by atoms with E-state index in [4.69, 9.17) is 16.3 Å². The van der Waals surface area contributed by atoms with E-state index in [2.05, 4.69) is 13.2 Å².